The van der Waals surface area contributed by atoms with Crippen LogP contribution in [0.2, 0.25) is 5.02 Å². The SMILES string of the molecule is CCNc1ncnc(Sc2cccc(Cl)c2)c1C(C)C. The molecule has 0 saturated heterocycles. The first-order valence-corrected chi connectivity index (χ1v) is 7.83. The molecule has 3 nitrogen and oxygen atoms in total. The quantitative estimate of drug-likeness (QED) is 0.802. The number of nitrogens with one attached hydrogen (secondary N) is 1. The highest BCUT2D eigenvalue weighted by molar-refractivity contribution is 7.99. The summed E-state index contributed by atoms with van der Waals surface area (Å²) in [6, 6.07) is 7.81. The van der Waals surface area contributed by atoms with Gasteiger partial charge in [-0.15, -0.1) is 0 Å². The molecule has 2 rings (SSSR count). The summed E-state index contributed by atoms with van der Waals surface area (Å²) in [5, 5.41) is 5.02. The van der Waals surface area contributed by atoms with Crippen molar-refractivity contribution in [2.45, 2.75) is 36.6 Å². The van der Waals surface area contributed by atoms with E-state index < -0.39 is 0 Å². The molecule has 1 heterocycles. The van der Waals surface area contributed by atoms with Crippen LogP contribution >= 0.6 is 23.4 Å². The Bertz CT molecular complexity index is 587. The van der Waals surface area contributed by atoms with Gasteiger partial charge < -0.3 is 5.32 Å². The molecule has 0 aliphatic heterocycles. The van der Waals surface area contributed by atoms with Crippen LogP contribution in [-0.4, -0.2) is 16.5 Å². The van der Waals surface area contributed by atoms with Gasteiger partial charge >= 0.3 is 0 Å². The minimum atomic E-state index is 0.354. The van der Waals surface area contributed by atoms with E-state index in [0.29, 0.717) is 5.92 Å². The van der Waals surface area contributed by atoms with Gasteiger partial charge in [-0.25, -0.2) is 9.97 Å². The molecule has 0 bridgehead atoms. The van der Waals surface area contributed by atoms with Crippen LogP contribution < -0.4 is 5.32 Å². The van der Waals surface area contributed by atoms with Crippen molar-refractivity contribution in [2.24, 2.45) is 0 Å². The molecule has 0 aliphatic carbocycles. The van der Waals surface area contributed by atoms with Crippen molar-refractivity contribution >= 4 is 29.2 Å². The van der Waals surface area contributed by atoms with Gasteiger partial charge in [0.1, 0.15) is 17.2 Å². The Morgan fingerprint density at radius 1 is 1.30 bits per heavy atom. The van der Waals surface area contributed by atoms with Crippen LogP contribution in [0.3, 0.4) is 0 Å². The van der Waals surface area contributed by atoms with Gasteiger partial charge in [-0.3, -0.25) is 0 Å². The first-order chi connectivity index (χ1) is 9.61. The fraction of sp³-hybridized carbons (Fsp3) is 0.333. The zero-order chi connectivity index (χ0) is 14.5. The highest BCUT2D eigenvalue weighted by atomic mass is 35.5. The number of nitrogens with zero attached hydrogens (tertiary/aromatic N) is 2. The van der Waals surface area contributed by atoms with Gasteiger partial charge in [0.05, 0.1) is 0 Å². The first-order valence-electron chi connectivity index (χ1n) is 6.64. The Kier molecular flexibility index (Phi) is 5.26. The molecular formula is C15H18ClN3S. The van der Waals surface area contributed by atoms with Gasteiger partial charge in [-0.2, -0.15) is 0 Å². The molecular weight excluding hydrogens is 290 g/mol. The molecule has 2 aromatic rings. The molecule has 0 aliphatic rings. The molecule has 0 spiro atoms. The Labute approximate surface area is 129 Å². The molecule has 0 fully saturated rings. The van der Waals surface area contributed by atoms with Crippen molar-refractivity contribution in [3.8, 4) is 0 Å². The summed E-state index contributed by atoms with van der Waals surface area (Å²) in [6.45, 7) is 7.22. The minimum absolute atomic E-state index is 0.354. The largest absolute Gasteiger partial charge is 0.370 e. The number of benzene rings is 1. The summed E-state index contributed by atoms with van der Waals surface area (Å²) in [7, 11) is 0. The van der Waals surface area contributed by atoms with Crippen LogP contribution in [0, 0.1) is 0 Å². The highest BCUT2D eigenvalue weighted by Crippen LogP contribution is 2.36. The molecule has 0 unspecified atom stereocenters. The molecule has 1 aromatic carbocycles. The number of aromatic nitrogens is 2. The second-order valence-corrected chi connectivity index (χ2v) is 6.18. The number of anilines is 1. The second-order valence-electron chi connectivity index (χ2n) is 4.69. The third-order valence-electron chi connectivity index (χ3n) is 2.78. The first kappa shape index (κ1) is 15.1. The van der Waals surface area contributed by atoms with E-state index in [0.717, 1.165) is 32.9 Å². The van der Waals surface area contributed by atoms with E-state index in [1.165, 1.54) is 0 Å². The average Bonchev–Trinajstić information content (AvgIpc) is 2.39. The smallest absolute Gasteiger partial charge is 0.133 e. The molecule has 5 heteroatoms. The third kappa shape index (κ3) is 3.64. The van der Waals surface area contributed by atoms with Crippen LogP contribution in [0.15, 0.2) is 40.5 Å². The van der Waals surface area contributed by atoms with Crippen LogP contribution in [-0.2, 0) is 0 Å². The van der Waals surface area contributed by atoms with E-state index in [2.05, 4.69) is 36.1 Å². The Morgan fingerprint density at radius 3 is 2.75 bits per heavy atom. The van der Waals surface area contributed by atoms with Crippen molar-refractivity contribution in [3.63, 3.8) is 0 Å². The molecule has 0 amide bonds. The fourth-order valence-corrected chi connectivity index (χ4v) is 3.28. The summed E-state index contributed by atoms with van der Waals surface area (Å²) in [4.78, 5) is 9.87. The van der Waals surface area contributed by atoms with Crippen LogP contribution in [0.25, 0.3) is 0 Å². The van der Waals surface area contributed by atoms with Crippen LogP contribution in [0.5, 0.6) is 0 Å². The van der Waals surface area contributed by atoms with E-state index in [-0.39, 0.29) is 0 Å². The summed E-state index contributed by atoms with van der Waals surface area (Å²) in [5.41, 5.74) is 1.15. The standard InChI is InChI=1S/C15H18ClN3S/c1-4-17-14-13(10(2)3)15(19-9-18-14)20-12-7-5-6-11(16)8-12/h5-10H,4H2,1-3H3,(H,17,18,19). The van der Waals surface area contributed by atoms with Gasteiger partial charge in [0, 0.05) is 22.0 Å². The Hall–Kier alpha value is -1.26. The summed E-state index contributed by atoms with van der Waals surface area (Å²) in [6.07, 6.45) is 1.61. The predicted octanol–water partition coefficient (Wildman–Crippen LogP) is 4.84. The molecule has 0 atom stereocenters. The van der Waals surface area contributed by atoms with Crippen molar-refractivity contribution in [3.05, 3.63) is 41.2 Å². The number of hydrogen-bond acceptors (Lipinski definition) is 4. The molecule has 106 valence electrons. The fourth-order valence-electron chi connectivity index (χ4n) is 1.93. The second kappa shape index (κ2) is 6.95. The lowest BCUT2D eigenvalue weighted by Crippen LogP contribution is -2.07. The normalized spacial score (nSPS) is 10.8. The number of halogens is 1. The van der Waals surface area contributed by atoms with Crippen molar-refractivity contribution in [1.29, 1.82) is 0 Å². The van der Waals surface area contributed by atoms with Gasteiger partial charge in [-0.05, 0) is 31.0 Å². The lowest BCUT2D eigenvalue weighted by Gasteiger charge is -2.16. The lowest BCUT2D eigenvalue weighted by molar-refractivity contribution is 0.803. The van der Waals surface area contributed by atoms with E-state index in [9.17, 15) is 0 Å². The zero-order valence-electron chi connectivity index (χ0n) is 11.9. The lowest BCUT2D eigenvalue weighted by atomic mass is 10.1. The maximum absolute atomic E-state index is 6.04. The summed E-state index contributed by atoms with van der Waals surface area (Å²) < 4.78 is 0. The van der Waals surface area contributed by atoms with Crippen molar-refractivity contribution < 1.29 is 0 Å². The third-order valence-corrected chi connectivity index (χ3v) is 4.02. The monoisotopic (exact) mass is 307 g/mol. The van der Waals surface area contributed by atoms with Crippen LogP contribution in [0.1, 0.15) is 32.3 Å². The molecule has 0 radical (unpaired) electrons. The molecule has 1 N–H and O–H groups in total. The average molecular weight is 308 g/mol. The highest BCUT2D eigenvalue weighted by Gasteiger charge is 2.15. The molecule has 0 saturated carbocycles. The van der Waals surface area contributed by atoms with E-state index in [1.807, 2.05) is 24.3 Å². The van der Waals surface area contributed by atoms with Crippen molar-refractivity contribution in [1.82, 2.24) is 9.97 Å². The van der Waals surface area contributed by atoms with Gasteiger partial charge in [-0.1, -0.05) is 43.3 Å². The van der Waals surface area contributed by atoms with Gasteiger partial charge in [0.25, 0.3) is 0 Å². The number of hydrogen-bond donors (Lipinski definition) is 1. The minimum Gasteiger partial charge on any atom is -0.370 e. The van der Waals surface area contributed by atoms with Crippen LogP contribution in [0.4, 0.5) is 5.82 Å². The van der Waals surface area contributed by atoms with E-state index in [4.69, 9.17) is 11.6 Å². The topological polar surface area (TPSA) is 37.8 Å². The zero-order valence-corrected chi connectivity index (χ0v) is 13.4. The Balaban J connectivity index is 2.38. The van der Waals surface area contributed by atoms with Crippen molar-refractivity contribution in [2.75, 3.05) is 11.9 Å². The maximum Gasteiger partial charge on any atom is 0.133 e. The summed E-state index contributed by atoms with van der Waals surface area (Å²) in [5.74, 6) is 1.27. The van der Waals surface area contributed by atoms with E-state index >= 15 is 0 Å². The van der Waals surface area contributed by atoms with E-state index in [1.54, 1.807) is 18.1 Å². The summed E-state index contributed by atoms with van der Waals surface area (Å²) >= 11 is 7.66. The predicted molar refractivity (Wildman–Crippen MR) is 85.9 cm³/mol. The molecule has 20 heavy (non-hydrogen) atoms. The Morgan fingerprint density at radius 2 is 2.10 bits per heavy atom. The molecule has 1 aromatic heterocycles. The number of rotatable bonds is 5. The maximum atomic E-state index is 6.04. The van der Waals surface area contributed by atoms with Gasteiger partial charge in [0.15, 0.2) is 0 Å². The van der Waals surface area contributed by atoms with Gasteiger partial charge in [0.2, 0.25) is 0 Å².